The number of carbonyl (C=O) groups excluding carboxylic acids is 2. The molecule has 0 radical (unpaired) electrons. The first kappa shape index (κ1) is 44.5. The maximum absolute atomic E-state index is 12.3. The molecule has 0 rings (SSSR count). The van der Waals surface area contributed by atoms with Gasteiger partial charge >= 0.3 is 19.8 Å². The van der Waals surface area contributed by atoms with E-state index in [1.165, 1.54) is 89.9 Å². The van der Waals surface area contributed by atoms with Crippen molar-refractivity contribution in [1.29, 1.82) is 0 Å². The van der Waals surface area contributed by atoms with E-state index >= 15 is 0 Å². The normalized spacial score (nSPS) is 12.7. The van der Waals surface area contributed by atoms with Crippen molar-refractivity contribution in [2.75, 3.05) is 13.2 Å². The number of allylic oxidation sites excluding steroid dienone is 4. The van der Waals surface area contributed by atoms with Gasteiger partial charge in [-0.1, -0.05) is 147 Å². The molecular weight excluding hydrogens is 603 g/mol. The Morgan fingerprint density at radius 1 is 0.565 bits per heavy atom. The molecule has 0 bridgehead atoms. The molecule has 0 unspecified atom stereocenters. The van der Waals surface area contributed by atoms with Crippen LogP contribution < -0.4 is 0 Å². The fraction of sp³-hybridized carbons (Fsp3) is 0.838. The first-order valence-electron chi connectivity index (χ1n) is 18.6. The van der Waals surface area contributed by atoms with Crippen molar-refractivity contribution in [3.8, 4) is 0 Å². The van der Waals surface area contributed by atoms with Crippen LogP contribution in [-0.4, -0.2) is 41.0 Å². The summed E-state index contributed by atoms with van der Waals surface area (Å²) in [6, 6.07) is 0. The molecule has 0 spiro atoms. The second-order valence-electron chi connectivity index (χ2n) is 12.6. The summed E-state index contributed by atoms with van der Waals surface area (Å²) < 4.78 is 26.3. The van der Waals surface area contributed by atoms with Crippen LogP contribution in [0.3, 0.4) is 0 Å². The third-order valence-corrected chi connectivity index (χ3v) is 8.46. The minimum Gasteiger partial charge on any atom is -0.462 e. The molecule has 9 heteroatoms. The average molecular weight is 673 g/mol. The van der Waals surface area contributed by atoms with E-state index in [0.29, 0.717) is 6.42 Å². The van der Waals surface area contributed by atoms with Crippen molar-refractivity contribution in [2.24, 2.45) is 0 Å². The molecule has 0 aliphatic heterocycles. The van der Waals surface area contributed by atoms with Crippen LogP contribution in [0.4, 0.5) is 0 Å². The van der Waals surface area contributed by atoms with E-state index in [9.17, 15) is 14.2 Å². The number of carbonyl (C=O) groups is 2. The predicted molar refractivity (Wildman–Crippen MR) is 189 cm³/mol. The first-order valence-corrected chi connectivity index (χ1v) is 20.2. The molecular formula is C37H69O8P. The van der Waals surface area contributed by atoms with Gasteiger partial charge in [0, 0.05) is 12.8 Å². The van der Waals surface area contributed by atoms with Gasteiger partial charge in [0.15, 0.2) is 6.10 Å². The SMILES string of the molecule is CCCCC/C=C/C/C=C/CCCCCCCCCC(=O)OC[C@H](COP(=O)(O)O)OC(=O)CCCCCCCCCCCCC. The fourth-order valence-corrected chi connectivity index (χ4v) is 5.53. The third kappa shape index (κ3) is 35.4. The molecule has 1 atom stereocenters. The van der Waals surface area contributed by atoms with E-state index < -0.39 is 32.5 Å². The van der Waals surface area contributed by atoms with Gasteiger partial charge < -0.3 is 19.3 Å². The van der Waals surface area contributed by atoms with E-state index in [2.05, 4.69) is 42.7 Å². The van der Waals surface area contributed by atoms with Crippen molar-refractivity contribution < 1.29 is 37.9 Å². The summed E-state index contributed by atoms with van der Waals surface area (Å²) in [6.07, 6.45) is 36.1. The Hall–Kier alpha value is -1.47. The maximum atomic E-state index is 12.3. The van der Waals surface area contributed by atoms with Crippen LogP contribution in [0.1, 0.15) is 181 Å². The van der Waals surface area contributed by atoms with Crippen LogP contribution in [0.25, 0.3) is 0 Å². The van der Waals surface area contributed by atoms with Gasteiger partial charge in [0.05, 0.1) is 6.61 Å². The van der Waals surface area contributed by atoms with Crippen molar-refractivity contribution >= 4 is 19.8 Å². The van der Waals surface area contributed by atoms with Crippen molar-refractivity contribution in [3.05, 3.63) is 24.3 Å². The van der Waals surface area contributed by atoms with E-state index in [0.717, 1.165) is 57.8 Å². The van der Waals surface area contributed by atoms with Gasteiger partial charge in [-0.25, -0.2) is 4.57 Å². The number of hydrogen-bond donors (Lipinski definition) is 2. The van der Waals surface area contributed by atoms with Gasteiger partial charge in [-0.2, -0.15) is 0 Å². The molecule has 0 heterocycles. The van der Waals surface area contributed by atoms with Gasteiger partial charge in [-0.05, 0) is 44.9 Å². The lowest BCUT2D eigenvalue weighted by Gasteiger charge is -2.18. The zero-order chi connectivity index (χ0) is 34.0. The lowest BCUT2D eigenvalue weighted by molar-refractivity contribution is -0.161. The minimum atomic E-state index is -4.74. The lowest BCUT2D eigenvalue weighted by atomic mass is 10.1. The van der Waals surface area contributed by atoms with Crippen molar-refractivity contribution in [3.63, 3.8) is 0 Å². The highest BCUT2D eigenvalue weighted by molar-refractivity contribution is 7.46. The Bertz CT molecular complexity index is 807. The van der Waals surface area contributed by atoms with E-state index in [1.807, 2.05) is 0 Å². The van der Waals surface area contributed by atoms with E-state index in [-0.39, 0.29) is 19.4 Å². The molecule has 0 aliphatic carbocycles. The number of esters is 2. The zero-order valence-corrected chi connectivity index (χ0v) is 30.4. The van der Waals surface area contributed by atoms with Gasteiger partial charge in [-0.3, -0.25) is 14.1 Å². The largest absolute Gasteiger partial charge is 0.469 e. The van der Waals surface area contributed by atoms with Crippen LogP contribution in [-0.2, 0) is 28.2 Å². The molecule has 8 nitrogen and oxygen atoms in total. The van der Waals surface area contributed by atoms with Crippen molar-refractivity contribution in [1.82, 2.24) is 0 Å². The Kier molecular flexibility index (Phi) is 32.4. The standard InChI is InChI=1S/C37H69O8P/c1-3-5-7-9-11-13-15-16-17-18-19-20-22-23-25-27-29-31-36(38)43-33-35(34-44-46(40,41)42)45-37(39)32-30-28-26-24-21-14-12-10-8-6-4-2/h11,13,16-17,35H,3-10,12,14-15,18-34H2,1-2H3,(H2,40,41,42)/b13-11+,17-16+/t35-/m1/s1. The quantitative estimate of drug-likeness (QED) is 0.0300. The number of unbranched alkanes of at least 4 members (excludes halogenated alkanes) is 20. The summed E-state index contributed by atoms with van der Waals surface area (Å²) in [6.45, 7) is 3.63. The molecule has 0 aromatic carbocycles. The Morgan fingerprint density at radius 3 is 1.48 bits per heavy atom. The smallest absolute Gasteiger partial charge is 0.462 e. The topological polar surface area (TPSA) is 119 Å². The van der Waals surface area contributed by atoms with Gasteiger partial charge in [0.2, 0.25) is 0 Å². The highest BCUT2D eigenvalue weighted by atomic mass is 31.2. The number of rotatable bonds is 34. The molecule has 0 aliphatic rings. The zero-order valence-electron chi connectivity index (χ0n) is 29.5. The molecule has 0 saturated heterocycles. The van der Waals surface area contributed by atoms with E-state index in [1.54, 1.807) is 0 Å². The number of hydrogen-bond acceptors (Lipinski definition) is 6. The molecule has 0 aromatic heterocycles. The van der Waals surface area contributed by atoms with E-state index in [4.69, 9.17) is 19.3 Å². The molecule has 0 amide bonds. The second kappa shape index (κ2) is 33.4. The summed E-state index contributed by atoms with van der Waals surface area (Å²) >= 11 is 0. The number of phosphoric acid groups is 1. The molecule has 0 aromatic rings. The maximum Gasteiger partial charge on any atom is 0.469 e. The van der Waals surface area contributed by atoms with Crippen LogP contribution in [0.15, 0.2) is 24.3 Å². The Morgan fingerprint density at radius 2 is 0.978 bits per heavy atom. The Balaban J connectivity index is 3.95. The van der Waals surface area contributed by atoms with Gasteiger partial charge in [-0.15, -0.1) is 0 Å². The number of ether oxygens (including phenoxy) is 2. The summed E-state index contributed by atoms with van der Waals surface area (Å²) in [7, 11) is -4.74. The molecule has 0 fully saturated rings. The predicted octanol–water partition coefficient (Wildman–Crippen LogP) is 10.8. The number of phosphoric ester groups is 1. The monoisotopic (exact) mass is 672 g/mol. The van der Waals surface area contributed by atoms with Crippen LogP contribution >= 0.6 is 7.82 Å². The summed E-state index contributed by atoms with van der Waals surface area (Å²) in [5.74, 6) is -0.891. The molecule has 270 valence electrons. The second-order valence-corrected chi connectivity index (χ2v) is 13.8. The summed E-state index contributed by atoms with van der Waals surface area (Å²) in [5.41, 5.74) is 0. The van der Waals surface area contributed by atoms with Crippen LogP contribution in [0.2, 0.25) is 0 Å². The lowest BCUT2D eigenvalue weighted by Crippen LogP contribution is -2.29. The first-order chi connectivity index (χ1) is 22.3. The average Bonchev–Trinajstić information content (AvgIpc) is 3.02. The molecule has 0 saturated carbocycles. The fourth-order valence-electron chi connectivity index (χ4n) is 5.17. The van der Waals surface area contributed by atoms with Crippen LogP contribution in [0, 0.1) is 0 Å². The summed E-state index contributed by atoms with van der Waals surface area (Å²) in [4.78, 5) is 42.6. The van der Waals surface area contributed by atoms with Crippen LogP contribution in [0.5, 0.6) is 0 Å². The summed E-state index contributed by atoms with van der Waals surface area (Å²) in [5, 5.41) is 0. The van der Waals surface area contributed by atoms with Crippen molar-refractivity contribution in [2.45, 2.75) is 187 Å². The minimum absolute atomic E-state index is 0.213. The molecule has 2 N–H and O–H groups in total. The van der Waals surface area contributed by atoms with Gasteiger partial charge in [0.25, 0.3) is 0 Å². The highest BCUT2D eigenvalue weighted by Crippen LogP contribution is 2.36. The van der Waals surface area contributed by atoms with Gasteiger partial charge in [0.1, 0.15) is 6.61 Å². The molecule has 46 heavy (non-hydrogen) atoms. The third-order valence-electron chi connectivity index (χ3n) is 7.97. The Labute approximate surface area is 281 Å². The highest BCUT2D eigenvalue weighted by Gasteiger charge is 2.22.